The van der Waals surface area contributed by atoms with Gasteiger partial charge in [-0.15, -0.1) is 0 Å². The summed E-state index contributed by atoms with van der Waals surface area (Å²) in [4.78, 5) is 62.9. The molecule has 0 aromatic rings. The second kappa shape index (κ2) is 8.91. The molecule has 0 heterocycles. The molecule has 1 fully saturated rings. The first-order chi connectivity index (χ1) is 14.4. The predicted molar refractivity (Wildman–Crippen MR) is 107 cm³/mol. The molecule has 1 saturated carbocycles. The molecule has 1 N–H and O–H groups in total. The topological polar surface area (TPSA) is 138 Å². The summed E-state index contributed by atoms with van der Waals surface area (Å²) in [5, 5.41) is 2.07. The van der Waals surface area contributed by atoms with Crippen LogP contribution in [0.1, 0.15) is 54.9 Å². The SMILES string of the molecule is COC(=O)[C@H](C)NC(=O)[C@]1(F)C[C@@]1(C(=O)OC)N(C(=O)OC(C)(C)C)C(=O)OC(C)(C)C. The number of hydrogen-bond donors (Lipinski definition) is 1. The zero-order chi connectivity index (χ0) is 25.3. The maximum Gasteiger partial charge on any atom is 0.421 e. The average molecular weight is 462 g/mol. The van der Waals surface area contributed by atoms with Crippen molar-refractivity contribution < 1.29 is 47.3 Å². The van der Waals surface area contributed by atoms with Crippen molar-refractivity contribution in [2.45, 2.75) is 83.3 Å². The number of amides is 3. The predicted octanol–water partition coefficient (Wildman–Crippen LogP) is 1.86. The quantitative estimate of drug-likeness (QED) is 0.479. The standard InChI is InChI=1S/C20H31FN2O9/c1-11(12(24)29-8)22-13(25)19(21)10-20(19,14(26)30-9)23(15(27)31-17(2,3)4)16(28)32-18(5,6)7/h11H,10H2,1-9H3,(H,22,25)/t11-,19+,20-/m0/s1. The molecule has 0 unspecified atom stereocenters. The number of halogens is 1. The summed E-state index contributed by atoms with van der Waals surface area (Å²) in [6.07, 6.45) is -3.75. The van der Waals surface area contributed by atoms with Gasteiger partial charge in [0.2, 0.25) is 11.2 Å². The number of carbonyl (C=O) groups excluding carboxylic acids is 5. The Morgan fingerprint density at radius 2 is 1.34 bits per heavy atom. The minimum atomic E-state index is -3.11. The van der Waals surface area contributed by atoms with E-state index < -0.39 is 64.9 Å². The van der Waals surface area contributed by atoms with Crippen LogP contribution in [-0.2, 0) is 33.3 Å². The minimum absolute atomic E-state index is 0.123. The van der Waals surface area contributed by atoms with Gasteiger partial charge in [-0.2, -0.15) is 4.90 Å². The molecule has 0 spiro atoms. The number of alkyl halides is 1. The fourth-order valence-electron chi connectivity index (χ4n) is 2.87. The largest absolute Gasteiger partial charge is 0.467 e. The lowest BCUT2D eigenvalue weighted by molar-refractivity contribution is -0.153. The van der Waals surface area contributed by atoms with Gasteiger partial charge in [0.15, 0.2) is 0 Å². The Hall–Kier alpha value is -2.92. The third-order valence-electron chi connectivity index (χ3n) is 4.35. The highest BCUT2D eigenvalue weighted by atomic mass is 19.1. The maximum absolute atomic E-state index is 15.9. The lowest BCUT2D eigenvalue weighted by Gasteiger charge is -2.33. The number of nitrogens with zero attached hydrogens (tertiary/aromatic N) is 1. The van der Waals surface area contributed by atoms with Gasteiger partial charge in [0, 0.05) is 6.42 Å². The van der Waals surface area contributed by atoms with Crippen molar-refractivity contribution in [2.24, 2.45) is 0 Å². The van der Waals surface area contributed by atoms with E-state index >= 15 is 4.39 Å². The van der Waals surface area contributed by atoms with Crippen LogP contribution in [0.3, 0.4) is 0 Å². The molecule has 12 heteroatoms. The van der Waals surface area contributed by atoms with Crippen molar-refractivity contribution >= 4 is 30.0 Å². The number of esters is 2. The lowest BCUT2D eigenvalue weighted by atomic mass is 10.1. The fourth-order valence-corrected chi connectivity index (χ4v) is 2.87. The van der Waals surface area contributed by atoms with E-state index in [0.717, 1.165) is 14.2 Å². The van der Waals surface area contributed by atoms with E-state index in [1.165, 1.54) is 48.5 Å². The van der Waals surface area contributed by atoms with E-state index in [2.05, 4.69) is 14.8 Å². The molecule has 182 valence electrons. The first-order valence-corrected chi connectivity index (χ1v) is 9.78. The summed E-state index contributed by atoms with van der Waals surface area (Å²) in [7, 11) is 1.97. The van der Waals surface area contributed by atoms with Gasteiger partial charge >= 0.3 is 24.1 Å². The molecular weight excluding hydrogens is 431 g/mol. The summed E-state index contributed by atoms with van der Waals surface area (Å²) >= 11 is 0. The van der Waals surface area contributed by atoms with Gasteiger partial charge in [-0.1, -0.05) is 0 Å². The van der Waals surface area contributed by atoms with Crippen LogP contribution in [0.4, 0.5) is 14.0 Å². The van der Waals surface area contributed by atoms with Gasteiger partial charge in [0.25, 0.3) is 5.91 Å². The third kappa shape index (κ3) is 5.46. The molecule has 11 nitrogen and oxygen atoms in total. The van der Waals surface area contributed by atoms with Crippen LogP contribution in [0.5, 0.6) is 0 Å². The number of rotatable bonds is 5. The first kappa shape index (κ1) is 27.1. The molecule has 0 bridgehead atoms. The molecule has 1 rings (SSSR count). The summed E-state index contributed by atoms with van der Waals surface area (Å²) in [6.45, 7) is 10.2. The van der Waals surface area contributed by atoms with Crippen molar-refractivity contribution in [1.82, 2.24) is 10.2 Å². The van der Waals surface area contributed by atoms with Gasteiger partial charge in [-0.25, -0.2) is 23.6 Å². The van der Waals surface area contributed by atoms with E-state index in [4.69, 9.17) is 9.47 Å². The van der Waals surface area contributed by atoms with Gasteiger partial charge in [0.1, 0.15) is 17.2 Å². The monoisotopic (exact) mass is 462 g/mol. The molecule has 32 heavy (non-hydrogen) atoms. The Morgan fingerprint density at radius 1 is 0.906 bits per heavy atom. The van der Waals surface area contributed by atoms with Gasteiger partial charge in [-0.05, 0) is 48.5 Å². The van der Waals surface area contributed by atoms with E-state index in [0.29, 0.717) is 0 Å². The van der Waals surface area contributed by atoms with Gasteiger partial charge in [-0.3, -0.25) is 4.79 Å². The van der Waals surface area contributed by atoms with E-state index in [9.17, 15) is 24.0 Å². The van der Waals surface area contributed by atoms with Crippen LogP contribution in [-0.4, -0.2) is 77.6 Å². The van der Waals surface area contributed by atoms with Crippen molar-refractivity contribution in [2.75, 3.05) is 14.2 Å². The number of nitrogens with one attached hydrogen (secondary N) is 1. The molecule has 1 aliphatic carbocycles. The molecule has 3 atom stereocenters. The van der Waals surface area contributed by atoms with Crippen LogP contribution in [0.2, 0.25) is 0 Å². The van der Waals surface area contributed by atoms with Crippen LogP contribution in [0.15, 0.2) is 0 Å². The number of carbonyl (C=O) groups is 5. The van der Waals surface area contributed by atoms with Crippen LogP contribution >= 0.6 is 0 Å². The minimum Gasteiger partial charge on any atom is -0.467 e. The lowest BCUT2D eigenvalue weighted by Crippen LogP contribution is -2.60. The fraction of sp³-hybridized carbons (Fsp3) is 0.750. The van der Waals surface area contributed by atoms with E-state index in [1.807, 2.05) is 0 Å². The van der Waals surface area contributed by atoms with Crippen LogP contribution in [0.25, 0.3) is 0 Å². The Labute approximate surface area is 185 Å². The highest BCUT2D eigenvalue weighted by Crippen LogP contribution is 2.57. The summed E-state index contributed by atoms with van der Waals surface area (Å²) in [5.74, 6) is -3.67. The number of methoxy groups -OCH3 is 2. The third-order valence-corrected chi connectivity index (χ3v) is 4.35. The van der Waals surface area contributed by atoms with Crippen molar-refractivity contribution in [1.29, 1.82) is 0 Å². The second-order valence-electron chi connectivity index (χ2n) is 9.34. The van der Waals surface area contributed by atoms with Crippen LogP contribution < -0.4 is 5.32 Å². The van der Waals surface area contributed by atoms with Crippen molar-refractivity contribution in [3.8, 4) is 0 Å². The van der Waals surface area contributed by atoms with E-state index in [-0.39, 0.29) is 4.90 Å². The van der Waals surface area contributed by atoms with Gasteiger partial charge in [0.05, 0.1) is 14.2 Å². The Morgan fingerprint density at radius 3 is 1.69 bits per heavy atom. The molecule has 0 saturated heterocycles. The molecular formula is C20H31FN2O9. The molecule has 3 amide bonds. The van der Waals surface area contributed by atoms with Crippen molar-refractivity contribution in [3.05, 3.63) is 0 Å². The van der Waals surface area contributed by atoms with Gasteiger partial charge < -0.3 is 24.3 Å². The zero-order valence-corrected chi connectivity index (χ0v) is 19.8. The highest BCUT2D eigenvalue weighted by Gasteiger charge is 2.85. The number of hydrogen-bond acceptors (Lipinski definition) is 9. The average Bonchev–Trinajstić information content (AvgIpc) is 3.24. The Kier molecular flexibility index (Phi) is 7.55. The summed E-state index contributed by atoms with van der Waals surface area (Å²) in [6, 6.07) is -1.27. The molecule has 0 radical (unpaired) electrons. The number of ether oxygens (including phenoxy) is 4. The summed E-state index contributed by atoms with van der Waals surface area (Å²) in [5.41, 5.74) is -8.09. The number of imide groups is 1. The highest BCUT2D eigenvalue weighted by molar-refractivity contribution is 6.09. The zero-order valence-electron chi connectivity index (χ0n) is 19.8. The first-order valence-electron chi connectivity index (χ1n) is 9.78. The normalized spacial score (nSPS) is 23.3. The molecule has 0 aliphatic heterocycles. The Balaban J connectivity index is 3.50. The van der Waals surface area contributed by atoms with Crippen molar-refractivity contribution in [3.63, 3.8) is 0 Å². The smallest absolute Gasteiger partial charge is 0.421 e. The van der Waals surface area contributed by atoms with E-state index in [1.54, 1.807) is 0 Å². The molecule has 0 aromatic heterocycles. The Bertz CT molecular complexity index is 774. The summed E-state index contributed by atoms with van der Waals surface area (Å²) < 4.78 is 35.3. The maximum atomic E-state index is 15.9. The van der Waals surface area contributed by atoms with Crippen LogP contribution in [0, 0.1) is 0 Å². The molecule has 0 aromatic carbocycles. The second-order valence-corrected chi connectivity index (χ2v) is 9.34. The molecule has 1 aliphatic rings.